The van der Waals surface area contributed by atoms with Crippen LogP contribution in [0.1, 0.15) is 30.6 Å². The van der Waals surface area contributed by atoms with Gasteiger partial charge in [0.05, 0.1) is 10.6 Å². The van der Waals surface area contributed by atoms with E-state index in [1.807, 2.05) is 13.8 Å². The molecule has 2 N–H and O–H groups in total. The molecule has 1 aromatic carbocycles. The summed E-state index contributed by atoms with van der Waals surface area (Å²) in [6.45, 7) is 4.02. The van der Waals surface area contributed by atoms with E-state index in [4.69, 9.17) is 28.3 Å². The first-order valence-corrected chi connectivity index (χ1v) is 6.58. The van der Waals surface area contributed by atoms with Crippen molar-refractivity contribution < 1.29 is 9.90 Å². The maximum atomic E-state index is 12.0. The number of hydrogen-bond acceptors (Lipinski definition) is 2. The van der Waals surface area contributed by atoms with E-state index in [-0.39, 0.29) is 24.5 Å². The van der Waals surface area contributed by atoms with Gasteiger partial charge in [0.15, 0.2) is 0 Å². The van der Waals surface area contributed by atoms with E-state index in [9.17, 15) is 4.79 Å². The van der Waals surface area contributed by atoms with Gasteiger partial charge in [-0.25, -0.2) is 0 Å². The summed E-state index contributed by atoms with van der Waals surface area (Å²) in [5.41, 5.74) is 0.393. The Morgan fingerprint density at radius 3 is 2.56 bits per heavy atom. The van der Waals surface area contributed by atoms with Crippen LogP contribution in [0.25, 0.3) is 0 Å². The van der Waals surface area contributed by atoms with Crippen molar-refractivity contribution in [3.05, 3.63) is 33.8 Å². The molecule has 18 heavy (non-hydrogen) atoms. The van der Waals surface area contributed by atoms with Gasteiger partial charge in [-0.3, -0.25) is 4.79 Å². The second-order valence-corrected chi connectivity index (χ2v) is 5.30. The van der Waals surface area contributed by atoms with Crippen LogP contribution in [0.5, 0.6) is 0 Å². The minimum atomic E-state index is -0.246. The molecule has 3 nitrogen and oxygen atoms in total. The summed E-state index contributed by atoms with van der Waals surface area (Å²) in [7, 11) is 0. The fourth-order valence-electron chi connectivity index (χ4n) is 1.63. The molecule has 0 heterocycles. The van der Waals surface area contributed by atoms with Crippen molar-refractivity contribution in [3.8, 4) is 0 Å². The Balaban J connectivity index is 2.80. The summed E-state index contributed by atoms with van der Waals surface area (Å²) in [5, 5.41) is 12.7. The smallest absolute Gasteiger partial charge is 0.253 e. The number of nitrogens with one attached hydrogen (secondary N) is 1. The van der Waals surface area contributed by atoms with Gasteiger partial charge in [-0.05, 0) is 30.5 Å². The van der Waals surface area contributed by atoms with Crippen molar-refractivity contribution in [2.75, 3.05) is 6.61 Å². The molecule has 1 atom stereocenters. The Kier molecular flexibility index (Phi) is 5.93. The van der Waals surface area contributed by atoms with Crippen LogP contribution in [-0.2, 0) is 0 Å². The van der Waals surface area contributed by atoms with Crippen LogP contribution in [-0.4, -0.2) is 23.7 Å². The normalized spacial score (nSPS) is 12.6. The number of hydrogen-bond donors (Lipinski definition) is 2. The van der Waals surface area contributed by atoms with E-state index in [1.54, 1.807) is 12.1 Å². The molecule has 100 valence electrons. The van der Waals surface area contributed by atoms with E-state index in [1.165, 1.54) is 6.07 Å². The van der Waals surface area contributed by atoms with Crippen LogP contribution >= 0.6 is 23.2 Å². The van der Waals surface area contributed by atoms with Crippen molar-refractivity contribution in [3.63, 3.8) is 0 Å². The van der Waals surface area contributed by atoms with E-state index in [0.29, 0.717) is 22.0 Å². The number of aliphatic hydroxyl groups is 1. The van der Waals surface area contributed by atoms with Crippen molar-refractivity contribution >= 4 is 29.1 Å². The van der Waals surface area contributed by atoms with Gasteiger partial charge in [-0.2, -0.15) is 0 Å². The van der Waals surface area contributed by atoms with Crippen LogP contribution in [0.4, 0.5) is 0 Å². The molecule has 5 heteroatoms. The molecule has 1 aromatic rings. The molecule has 0 radical (unpaired) electrons. The molecule has 0 bridgehead atoms. The number of aliphatic hydroxyl groups excluding tert-OH is 1. The van der Waals surface area contributed by atoms with E-state index in [2.05, 4.69) is 5.32 Å². The van der Waals surface area contributed by atoms with Crippen LogP contribution in [0.3, 0.4) is 0 Å². The fourth-order valence-corrected chi connectivity index (χ4v) is 2.13. The second kappa shape index (κ2) is 6.98. The number of halogens is 2. The second-order valence-electron chi connectivity index (χ2n) is 4.46. The maximum absolute atomic E-state index is 12.0. The minimum Gasteiger partial charge on any atom is -0.396 e. The van der Waals surface area contributed by atoms with Crippen LogP contribution in [0.15, 0.2) is 18.2 Å². The Morgan fingerprint density at radius 2 is 2.06 bits per heavy atom. The Morgan fingerprint density at radius 1 is 1.39 bits per heavy atom. The summed E-state index contributed by atoms with van der Waals surface area (Å²) >= 11 is 11.7. The van der Waals surface area contributed by atoms with Gasteiger partial charge in [0.25, 0.3) is 5.91 Å². The van der Waals surface area contributed by atoms with Crippen molar-refractivity contribution in [1.82, 2.24) is 5.32 Å². The van der Waals surface area contributed by atoms with Crippen molar-refractivity contribution in [1.29, 1.82) is 0 Å². The van der Waals surface area contributed by atoms with Gasteiger partial charge < -0.3 is 10.4 Å². The molecule has 0 saturated heterocycles. The zero-order valence-corrected chi connectivity index (χ0v) is 11.9. The first-order chi connectivity index (χ1) is 8.45. The number of rotatable bonds is 5. The number of carbonyl (C=O) groups excluding carboxylic acids is 1. The average Bonchev–Trinajstić information content (AvgIpc) is 2.27. The van der Waals surface area contributed by atoms with Crippen LogP contribution in [0.2, 0.25) is 10.0 Å². The van der Waals surface area contributed by atoms with Gasteiger partial charge in [0, 0.05) is 17.7 Å². The molecule has 1 rings (SSSR count). The molecular weight excluding hydrogens is 273 g/mol. The molecule has 1 amide bonds. The molecule has 0 aliphatic heterocycles. The topological polar surface area (TPSA) is 49.3 Å². The number of carbonyl (C=O) groups is 1. The Bertz CT molecular complexity index is 421. The quantitative estimate of drug-likeness (QED) is 0.875. The predicted molar refractivity (Wildman–Crippen MR) is 74.3 cm³/mol. The maximum Gasteiger partial charge on any atom is 0.253 e. The first kappa shape index (κ1) is 15.3. The third-order valence-corrected chi connectivity index (χ3v) is 3.28. The molecular formula is C13H17Cl2NO2. The molecule has 0 fully saturated rings. The van der Waals surface area contributed by atoms with Gasteiger partial charge in [0.1, 0.15) is 0 Å². The Labute approximate surface area is 117 Å². The molecule has 0 aliphatic rings. The summed E-state index contributed by atoms with van der Waals surface area (Å²) < 4.78 is 0. The lowest BCUT2D eigenvalue weighted by Crippen LogP contribution is -2.39. The highest BCUT2D eigenvalue weighted by Crippen LogP contribution is 2.21. The van der Waals surface area contributed by atoms with E-state index < -0.39 is 0 Å². The lowest BCUT2D eigenvalue weighted by molar-refractivity contribution is 0.0917. The van der Waals surface area contributed by atoms with Gasteiger partial charge in [-0.1, -0.05) is 37.0 Å². The molecule has 0 spiro atoms. The monoisotopic (exact) mass is 289 g/mol. The van der Waals surface area contributed by atoms with Crippen LogP contribution in [0, 0.1) is 5.92 Å². The van der Waals surface area contributed by atoms with Crippen molar-refractivity contribution in [2.45, 2.75) is 26.3 Å². The third-order valence-electron chi connectivity index (χ3n) is 2.74. The standard InChI is InChI=1S/C13H17Cl2NO2/c1-8(2)12(5-6-17)16-13(18)10-4-3-9(14)7-11(10)15/h3-4,7-8,12,17H,5-6H2,1-2H3,(H,16,18). The average molecular weight is 290 g/mol. The zero-order chi connectivity index (χ0) is 13.7. The molecule has 1 unspecified atom stereocenters. The first-order valence-electron chi connectivity index (χ1n) is 5.82. The largest absolute Gasteiger partial charge is 0.396 e. The van der Waals surface area contributed by atoms with Crippen LogP contribution < -0.4 is 5.32 Å². The SMILES string of the molecule is CC(C)C(CCO)NC(=O)c1ccc(Cl)cc1Cl. The summed E-state index contributed by atoms with van der Waals surface area (Å²) in [6.07, 6.45) is 0.522. The summed E-state index contributed by atoms with van der Waals surface area (Å²) in [4.78, 5) is 12.0. The molecule has 0 aromatic heterocycles. The highest BCUT2D eigenvalue weighted by molar-refractivity contribution is 6.36. The lowest BCUT2D eigenvalue weighted by Gasteiger charge is -2.21. The number of amides is 1. The predicted octanol–water partition coefficient (Wildman–Crippen LogP) is 3.13. The lowest BCUT2D eigenvalue weighted by atomic mass is 10.0. The highest BCUT2D eigenvalue weighted by Gasteiger charge is 2.18. The summed E-state index contributed by atoms with van der Waals surface area (Å²) in [6, 6.07) is 4.68. The van der Waals surface area contributed by atoms with Crippen molar-refractivity contribution in [2.24, 2.45) is 5.92 Å². The zero-order valence-electron chi connectivity index (χ0n) is 10.4. The van der Waals surface area contributed by atoms with E-state index in [0.717, 1.165) is 0 Å². The van der Waals surface area contributed by atoms with Gasteiger partial charge in [0.2, 0.25) is 0 Å². The summed E-state index contributed by atoms with van der Waals surface area (Å²) in [5.74, 6) is -0.00371. The van der Waals surface area contributed by atoms with Gasteiger partial charge >= 0.3 is 0 Å². The highest BCUT2D eigenvalue weighted by atomic mass is 35.5. The molecule has 0 saturated carbocycles. The fraction of sp³-hybridized carbons (Fsp3) is 0.462. The van der Waals surface area contributed by atoms with E-state index >= 15 is 0 Å². The minimum absolute atomic E-state index is 0.0392. The van der Waals surface area contributed by atoms with Gasteiger partial charge in [-0.15, -0.1) is 0 Å². The third kappa shape index (κ3) is 4.16. The number of benzene rings is 1. The molecule has 0 aliphatic carbocycles. The Hall–Kier alpha value is -0.770.